The number of hydrogen-bond donors (Lipinski definition) is 1. The summed E-state index contributed by atoms with van der Waals surface area (Å²) in [5.74, 6) is -0.580. The quantitative estimate of drug-likeness (QED) is 0.513. The fourth-order valence-electron chi connectivity index (χ4n) is 2.13. The minimum absolute atomic E-state index is 0.131. The van der Waals surface area contributed by atoms with E-state index in [9.17, 15) is 9.59 Å². The van der Waals surface area contributed by atoms with Crippen LogP contribution in [-0.2, 0) is 16.0 Å². The van der Waals surface area contributed by atoms with Gasteiger partial charge in [-0.05, 0) is 62.6 Å². The van der Waals surface area contributed by atoms with E-state index in [2.05, 4.69) is 23.0 Å². The molecule has 172 valence electrons. The first-order chi connectivity index (χ1) is 14.7. The third-order valence-electron chi connectivity index (χ3n) is 3.40. The van der Waals surface area contributed by atoms with Crippen LogP contribution in [-0.4, -0.2) is 27.1 Å². The monoisotopic (exact) mass is 448 g/mol. The Morgan fingerprint density at radius 3 is 1.94 bits per heavy atom. The summed E-state index contributed by atoms with van der Waals surface area (Å²) in [6, 6.07) is 7.58. The average Bonchev–Trinajstić information content (AvgIpc) is 2.75. The van der Waals surface area contributed by atoms with Gasteiger partial charge in [0.25, 0.3) is 0 Å². The molecule has 0 aliphatic rings. The number of benzene rings is 1. The molecule has 0 unspecified atom stereocenters. The van der Waals surface area contributed by atoms with Gasteiger partial charge in [-0.3, -0.25) is 9.59 Å². The molecule has 6 heteroatoms. The van der Waals surface area contributed by atoms with Crippen LogP contribution >= 0.6 is 11.6 Å². The minimum atomic E-state index is -0.711. The van der Waals surface area contributed by atoms with Crippen molar-refractivity contribution in [2.45, 2.75) is 74.7 Å². The summed E-state index contributed by atoms with van der Waals surface area (Å²) in [4.78, 5) is 20.9. The zero-order valence-electron chi connectivity index (χ0n) is 20.1. The molecule has 0 saturated heterocycles. The van der Waals surface area contributed by atoms with Crippen LogP contribution in [0.2, 0.25) is 5.02 Å². The number of halogens is 1. The number of ketones is 1. The lowest BCUT2D eigenvalue weighted by atomic mass is 9.99. The van der Waals surface area contributed by atoms with Gasteiger partial charge in [-0.2, -0.15) is 10.2 Å². The smallest absolute Gasteiger partial charge is 0.303 e. The lowest BCUT2D eigenvalue weighted by Crippen LogP contribution is -2.00. The molecule has 1 N–H and O–H groups in total. The molecule has 0 radical (unpaired) electrons. The Hall–Kier alpha value is -2.71. The van der Waals surface area contributed by atoms with Crippen molar-refractivity contribution in [3.05, 3.63) is 46.1 Å². The first-order valence-electron chi connectivity index (χ1n) is 10.4. The summed E-state index contributed by atoms with van der Waals surface area (Å²) < 4.78 is 0. The molecule has 0 bridgehead atoms. The highest BCUT2D eigenvalue weighted by molar-refractivity contribution is 6.33. The van der Waals surface area contributed by atoms with Gasteiger partial charge in [0, 0.05) is 18.4 Å². The Bertz CT molecular complexity index is 785. The molecule has 1 heterocycles. The Morgan fingerprint density at radius 2 is 1.58 bits per heavy atom. The van der Waals surface area contributed by atoms with E-state index in [-0.39, 0.29) is 5.78 Å². The second-order valence-electron chi connectivity index (χ2n) is 5.84. The number of aliphatic carboxylic acids is 1. The molecule has 0 fully saturated rings. The number of aryl methyl sites for hydroxylation is 2. The van der Waals surface area contributed by atoms with Gasteiger partial charge >= 0.3 is 5.97 Å². The lowest BCUT2D eigenvalue weighted by Gasteiger charge is -2.09. The molecule has 0 aliphatic carbocycles. The minimum Gasteiger partial charge on any atom is -0.481 e. The number of carboxylic acids is 1. The van der Waals surface area contributed by atoms with E-state index in [1.165, 1.54) is 0 Å². The highest BCUT2D eigenvalue weighted by Gasteiger charge is 2.11. The molecule has 0 amide bonds. The molecule has 31 heavy (non-hydrogen) atoms. The van der Waals surface area contributed by atoms with Crippen molar-refractivity contribution in [1.29, 1.82) is 0 Å². The molecule has 2 aromatic rings. The van der Waals surface area contributed by atoms with Gasteiger partial charge in [-0.1, -0.05) is 46.2 Å². The fourth-order valence-corrected chi connectivity index (χ4v) is 2.44. The number of nitrogens with zero attached hydrogens (tertiary/aromatic N) is 2. The fraction of sp³-hybridized carbons (Fsp3) is 0.440. The van der Waals surface area contributed by atoms with Crippen LogP contribution in [0.1, 0.15) is 71.2 Å². The van der Waals surface area contributed by atoms with E-state index in [4.69, 9.17) is 16.7 Å². The van der Waals surface area contributed by atoms with E-state index in [1.807, 2.05) is 72.7 Å². The number of hydrogen-bond acceptors (Lipinski definition) is 4. The summed E-state index contributed by atoms with van der Waals surface area (Å²) in [7, 11) is 0. The van der Waals surface area contributed by atoms with Crippen molar-refractivity contribution >= 4 is 23.4 Å². The van der Waals surface area contributed by atoms with Crippen LogP contribution in [0.25, 0.3) is 11.3 Å². The molecule has 1 aromatic heterocycles. The Labute approximate surface area is 193 Å². The van der Waals surface area contributed by atoms with Gasteiger partial charge in [0.2, 0.25) is 0 Å². The molecule has 2 rings (SSSR count). The van der Waals surface area contributed by atoms with E-state index in [1.54, 1.807) is 6.92 Å². The lowest BCUT2D eigenvalue weighted by molar-refractivity contribution is -0.137. The summed E-state index contributed by atoms with van der Waals surface area (Å²) in [5.41, 5.74) is 4.39. The predicted molar refractivity (Wildman–Crippen MR) is 131 cm³/mol. The maximum atomic E-state index is 11.3. The summed E-state index contributed by atoms with van der Waals surface area (Å²) in [6.07, 6.45) is 9.44. The normalized spacial score (nSPS) is 8.48. The highest BCUT2D eigenvalue weighted by Crippen LogP contribution is 2.29. The number of carbonyl (C=O) groups excluding carboxylic acids is 1. The van der Waals surface area contributed by atoms with Gasteiger partial charge in [0.05, 0.1) is 16.4 Å². The van der Waals surface area contributed by atoms with Crippen LogP contribution in [0, 0.1) is 26.7 Å². The van der Waals surface area contributed by atoms with Crippen molar-refractivity contribution in [2.24, 2.45) is 0 Å². The van der Waals surface area contributed by atoms with E-state index in [0.717, 1.165) is 34.5 Å². The van der Waals surface area contributed by atoms with E-state index < -0.39 is 5.97 Å². The standard InChI is InChI=1S/C15H15ClN2O.C4H8O2.2C2H6.C2H2/c1-9-6-14(16)13(8-12(9)7-11(3)19)15-5-4-10(2)17-18-15;1-2-3-4(5)6;3*1-2/h4-6,8H,7H2,1-3H3;2-3H2,1H3,(H,5,6);2*1-2H3;1-2H. The van der Waals surface area contributed by atoms with Crippen LogP contribution in [0.15, 0.2) is 24.3 Å². The molecule has 5 nitrogen and oxygen atoms in total. The number of aromatic nitrogens is 2. The van der Waals surface area contributed by atoms with Crippen molar-refractivity contribution < 1.29 is 14.7 Å². The second-order valence-corrected chi connectivity index (χ2v) is 6.25. The van der Waals surface area contributed by atoms with Crippen molar-refractivity contribution in [1.82, 2.24) is 10.2 Å². The third-order valence-corrected chi connectivity index (χ3v) is 3.72. The Balaban J connectivity index is -0.000000552. The molecular formula is C25H37ClN2O3. The SMILES string of the molecule is C#C.CC.CC.CC(=O)Cc1cc(-c2ccc(C)nn2)c(Cl)cc1C.CCCC(=O)O. The molecule has 0 aliphatic heterocycles. The van der Waals surface area contributed by atoms with Gasteiger partial charge in [-0.25, -0.2) is 0 Å². The zero-order valence-corrected chi connectivity index (χ0v) is 20.9. The van der Waals surface area contributed by atoms with Crippen molar-refractivity contribution in [2.75, 3.05) is 0 Å². The summed E-state index contributed by atoms with van der Waals surface area (Å²) >= 11 is 6.26. The number of rotatable bonds is 5. The zero-order chi connectivity index (χ0) is 25.0. The third kappa shape index (κ3) is 14.8. The topological polar surface area (TPSA) is 80.2 Å². The van der Waals surface area contributed by atoms with E-state index >= 15 is 0 Å². The molecular weight excluding hydrogens is 412 g/mol. The summed E-state index contributed by atoms with van der Waals surface area (Å²) in [5, 5.41) is 16.7. The summed E-state index contributed by atoms with van der Waals surface area (Å²) in [6.45, 7) is 15.3. The van der Waals surface area contributed by atoms with E-state index in [0.29, 0.717) is 17.9 Å². The maximum Gasteiger partial charge on any atom is 0.303 e. The maximum absolute atomic E-state index is 11.3. The van der Waals surface area contributed by atoms with Gasteiger partial charge < -0.3 is 5.11 Å². The Morgan fingerprint density at radius 1 is 1.03 bits per heavy atom. The number of Topliss-reactive ketones (excluding diaryl/α,β-unsaturated/α-hetero) is 1. The van der Waals surface area contributed by atoms with Crippen molar-refractivity contribution in [3.63, 3.8) is 0 Å². The molecule has 0 saturated carbocycles. The van der Waals surface area contributed by atoms with Crippen molar-refractivity contribution in [3.8, 4) is 24.1 Å². The Kier molecular flexibility index (Phi) is 21.8. The second kappa shape index (κ2) is 20.6. The largest absolute Gasteiger partial charge is 0.481 e. The first kappa shape index (κ1) is 32.9. The number of carboxylic acid groups (broad SMARTS) is 1. The number of terminal acetylenes is 1. The van der Waals surface area contributed by atoms with Gasteiger partial charge in [0.15, 0.2) is 0 Å². The van der Waals surface area contributed by atoms with Crippen LogP contribution in [0.4, 0.5) is 0 Å². The number of carbonyl (C=O) groups is 2. The average molecular weight is 449 g/mol. The van der Waals surface area contributed by atoms with Crippen LogP contribution in [0.5, 0.6) is 0 Å². The van der Waals surface area contributed by atoms with Crippen LogP contribution < -0.4 is 0 Å². The molecule has 0 atom stereocenters. The van der Waals surface area contributed by atoms with Gasteiger partial charge in [0.1, 0.15) is 5.78 Å². The van der Waals surface area contributed by atoms with Crippen LogP contribution in [0.3, 0.4) is 0 Å². The molecule has 0 spiro atoms. The highest BCUT2D eigenvalue weighted by atomic mass is 35.5. The predicted octanol–water partition coefficient (Wildman–Crippen LogP) is 6.72. The van der Waals surface area contributed by atoms with Gasteiger partial charge in [-0.15, -0.1) is 12.8 Å². The molecule has 1 aromatic carbocycles. The first-order valence-corrected chi connectivity index (χ1v) is 10.8.